The van der Waals surface area contributed by atoms with Gasteiger partial charge in [-0.2, -0.15) is 5.26 Å². The molecule has 18 heavy (non-hydrogen) atoms. The van der Waals surface area contributed by atoms with Gasteiger partial charge < -0.3 is 5.32 Å². The van der Waals surface area contributed by atoms with Gasteiger partial charge in [0.1, 0.15) is 6.07 Å². The first-order valence-corrected chi connectivity index (χ1v) is 7.08. The van der Waals surface area contributed by atoms with Crippen LogP contribution in [0.4, 0.5) is 5.69 Å². The molecule has 0 aliphatic carbocycles. The lowest BCUT2D eigenvalue weighted by Crippen LogP contribution is -2.26. The van der Waals surface area contributed by atoms with E-state index >= 15 is 0 Å². The first-order valence-electron chi connectivity index (χ1n) is 5.43. The Bertz CT molecular complexity index is 575. The van der Waals surface area contributed by atoms with E-state index < -0.39 is 10.0 Å². The predicted octanol–water partition coefficient (Wildman–Crippen LogP) is 0.531. The maximum atomic E-state index is 11.2. The van der Waals surface area contributed by atoms with Gasteiger partial charge in [0.15, 0.2) is 0 Å². The van der Waals surface area contributed by atoms with E-state index in [4.69, 9.17) is 5.26 Å². The van der Waals surface area contributed by atoms with Gasteiger partial charge in [0.25, 0.3) is 0 Å². The molecule has 0 fully saturated rings. The van der Waals surface area contributed by atoms with Gasteiger partial charge in [0, 0.05) is 12.2 Å². The molecule has 0 aliphatic heterocycles. The number of nitrogens with zero attached hydrogens (tertiary/aromatic N) is 2. The van der Waals surface area contributed by atoms with Crippen LogP contribution in [-0.4, -0.2) is 32.7 Å². The number of rotatable bonds is 5. The summed E-state index contributed by atoms with van der Waals surface area (Å²) >= 11 is 0. The highest BCUT2D eigenvalue weighted by Crippen LogP contribution is 2.18. The molecule has 0 amide bonds. The van der Waals surface area contributed by atoms with E-state index in [0.29, 0.717) is 16.9 Å². The Hall–Kier alpha value is -1.65. The average Bonchev–Trinajstić information content (AvgIpc) is 2.28. The zero-order valence-electron chi connectivity index (χ0n) is 10.6. The van der Waals surface area contributed by atoms with E-state index in [1.54, 1.807) is 13.0 Å². The van der Waals surface area contributed by atoms with Crippen LogP contribution in [0.3, 0.4) is 0 Å². The van der Waals surface area contributed by atoms with Crippen LogP contribution in [-0.2, 0) is 10.0 Å². The summed E-state index contributed by atoms with van der Waals surface area (Å²) in [6.45, 7) is 3.81. The highest BCUT2D eigenvalue weighted by molar-refractivity contribution is 7.89. The molecule has 1 aromatic rings. The summed E-state index contributed by atoms with van der Waals surface area (Å²) in [6, 6.07) is 3.80. The molecule has 0 aromatic carbocycles. The minimum absolute atomic E-state index is 0.0468. The lowest BCUT2D eigenvalue weighted by molar-refractivity contribution is 0.588. The Kier molecular flexibility index (Phi) is 4.64. The molecular formula is C11H16N4O2S. The fraction of sp³-hybridized carbons (Fsp3) is 0.455. The topological polar surface area (TPSA) is 94.9 Å². The van der Waals surface area contributed by atoms with Crippen molar-refractivity contribution in [1.29, 1.82) is 5.26 Å². The normalized spacial score (nSPS) is 11.0. The van der Waals surface area contributed by atoms with Crippen LogP contribution in [0, 0.1) is 25.2 Å². The molecule has 0 saturated heterocycles. The summed E-state index contributed by atoms with van der Waals surface area (Å²) in [4.78, 5) is 4.18. The van der Waals surface area contributed by atoms with Crippen molar-refractivity contribution in [3.63, 3.8) is 0 Å². The lowest BCUT2D eigenvalue weighted by atomic mass is 10.1. The second-order valence-corrected chi connectivity index (χ2v) is 5.88. The van der Waals surface area contributed by atoms with Crippen molar-refractivity contribution < 1.29 is 8.42 Å². The SMILES string of the molecule is CNS(=O)(=O)CCNc1cc(C)nc(C)c1C#N. The van der Waals surface area contributed by atoms with Crippen LogP contribution in [0.2, 0.25) is 0 Å². The molecule has 1 aromatic heterocycles. The molecule has 6 nitrogen and oxygen atoms in total. The lowest BCUT2D eigenvalue weighted by Gasteiger charge is -2.10. The first kappa shape index (κ1) is 14.4. The van der Waals surface area contributed by atoms with E-state index in [9.17, 15) is 8.42 Å². The molecule has 2 N–H and O–H groups in total. The minimum Gasteiger partial charge on any atom is -0.383 e. The molecular weight excluding hydrogens is 252 g/mol. The molecule has 1 rings (SSSR count). The van der Waals surface area contributed by atoms with Crippen molar-refractivity contribution in [2.75, 3.05) is 24.7 Å². The quantitative estimate of drug-likeness (QED) is 0.812. The van der Waals surface area contributed by atoms with E-state index in [1.165, 1.54) is 7.05 Å². The summed E-state index contributed by atoms with van der Waals surface area (Å²) in [5, 5.41) is 12.0. The number of nitrogens with one attached hydrogen (secondary N) is 2. The third-order valence-electron chi connectivity index (χ3n) is 2.44. The Morgan fingerprint density at radius 2 is 2.11 bits per heavy atom. The first-order chi connectivity index (χ1) is 8.39. The fourth-order valence-corrected chi connectivity index (χ4v) is 2.11. The van der Waals surface area contributed by atoms with Gasteiger partial charge >= 0.3 is 0 Å². The monoisotopic (exact) mass is 268 g/mol. The Morgan fingerprint density at radius 3 is 2.67 bits per heavy atom. The molecule has 0 atom stereocenters. The molecule has 0 saturated carbocycles. The zero-order valence-corrected chi connectivity index (χ0v) is 11.4. The highest BCUT2D eigenvalue weighted by Gasteiger charge is 2.10. The van der Waals surface area contributed by atoms with Gasteiger partial charge in [-0.25, -0.2) is 13.1 Å². The van der Waals surface area contributed by atoms with Gasteiger partial charge in [-0.3, -0.25) is 4.98 Å². The van der Waals surface area contributed by atoms with Crippen LogP contribution in [0.25, 0.3) is 0 Å². The van der Waals surface area contributed by atoms with Crippen molar-refractivity contribution in [2.24, 2.45) is 0 Å². The number of hydrogen-bond donors (Lipinski definition) is 2. The number of aromatic nitrogens is 1. The summed E-state index contributed by atoms with van der Waals surface area (Å²) in [5.41, 5.74) is 2.48. The number of hydrogen-bond acceptors (Lipinski definition) is 5. The maximum Gasteiger partial charge on any atom is 0.213 e. The Labute approximate surface area is 107 Å². The summed E-state index contributed by atoms with van der Waals surface area (Å²) in [6.07, 6.45) is 0. The van der Waals surface area contributed by atoms with Crippen LogP contribution in [0.15, 0.2) is 6.07 Å². The molecule has 0 radical (unpaired) electrons. The minimum atomic E-state index is -3.24. The van der Waals surface area contributed by atoms with Gasteiger partial charge in [-0.15, -0.1) is 0 Å². The van der Waals surface area contributed by atoms with Gasteiger partial charge in [-0.1, -0.05) is 0 Å². The number of nitriles is 1. The van der Waals surface area contributed by atoms with Gasteiger partial charge in [-0.05, 0) is 27.0 Å². The second-order valence-electron chi connectivity index (χ2n) is 3.83. The smallest absolute Gasteiger partial charge is 0.213 e. The van der Waals surface area contributed by atoms with Crippen LogP contribution >= 0.6 is 0 Å². The molecule has 98 valence electrons. The molecule has 0 aliphatic rings. The molecule has 1 heterocycles. The number of anilines is 1. The van der Waals surface area contributed by atoms with Crippen molar-refractivity contribution in [1.82, 2.24) is 9.71 Å². The third-order valence-corrected chi connectivity index (χ3v) is 3.80. The zero-order chi connectivity index (χ0) is 13.8. The van der Waals surface area contributed by atoms with Crippen LogP contribution in [0.1, 0.15) is 17.0 Å². The molecule has 0 unspecified atom stereocenters. The number of aryl methyl sites for hydroxylation is 2. The summed E-state index contributed by atoms with van der Waals surface area (Å²) in [7, 11) is -1.87. The van der Waals surface area contributed by atoms with Crippen molar-refractivity contribution in [3.05, 3.63) is 23.0 Å². The largest absolute Gasteiger partial charge is 0.383 e. The Morgan fingerprint density at radius 1 is 1.44 bits per heavy atom. The van der Waals surface area contributed by atoms with Crippen molar-refractivity contribution >= 4 is 15.7 Å². The molecule has 7 heteroatoms. The predicted molar refractivity (Wildman–Crippen MR) is 69.8 cm³/mol. The Balaban J connectivity index is 2.83. The summed E-state index contributed by atoms with van der Waals surface area (Å²) < 4.78 is 24.7. The van der Waals surface area contributed by atoms with Crippen molar-refractivity contribution in [2.45, 2.75) is 13.8 Å². The second kappa shape index (κ2) is 5.80. The number of pyridine rings is 1. The van der Waals surface area contributed by atoms with E-state index in [0.717, 1.165) is 5.69 Å². The van der Waals surface area contributed by atoms with E-state index in [-0.39, 0.29) is 12.3 Å². The maximum absolute atomic E-state index is 11.2. The van der Waals surface area contributed by atoms with Gasteiger partial charge in [0.05, 0.1) is 22.7 Å². The van der Waals surface area contributed by atoms with Crippen LogP contribution in [0.5, 0.6) is 0 Å². The highest BCUT2D eigenvalue weighted by atomic mass is 32.2. The van der Waals surface area contributed by atoms with Crippen molar-refractivity contribution in [3.8, 4) is 6.07 Å². The van der Waals surface area contributed by atoms with E-state index in [2.05, 4.69) is 21.1 Å². The fourth-order valence-electron chi connectivity index (χ4n) is 1.53. The number of sulfonamides is 1. The molecule has 0 spiro atoms. The van der Waals surface area contributed by atoms with Crippen LogP contribution < -0.4 is 10.0 Å². The van der Waals surface area contributed by atoms with E-state index in [1.807, 2.05) is 6.92 Å². The average molecular weight is 268 g/mol. The standard InChI is InChI=1S/C11H16N4O2S/c1-8-6-11(10(7-12)9(2)15-8)14-4-5-18(16,17)13-3/h6,13H,4-5H2,1-3H3,(H,14,15). The molecule has 0 bridgehead atoms. The third kappa shape index (κ3) is 3.68. The van der Waals surface area contributed by atoms with Gasteiger partial charge in [0.2, 0.25) is 10.0 Å². The summed E-state index contributed by atoms with van der Waals surface area (Å²) in [5.74, 6) is -0.0468.